The number of hydrogen-bond acceptors (Lipinski definition) is 5. The molecule has 27 heavy (non-hydrogen) atoms. The number of benzene rings is 2. The van der Waals surface area contributed by atoms with Crippen molar-refractivity contribution in [1.29, 1.82) is 0 Å². The van der Waals surface area contributed by atoms with Crippen LogP contribution in [-0.2, 0) is 15.8 Å². The monoisotopic (exact) mass is 385 g/mol. The van der Waals surface area contributed by atoms with E-state index in [0.29, 0.717) is 12.1 Å². The highest BCUT2D eigenvalue weighted by atomic mass is 19.4. The molecule has 0 aliphatic carbocycles. The maximum atomic E-state index is 12.8. The second kappa shape index (κ2) is 8.56. The van der Waals surface area contributed by atoms with E-state index in [1.807, 2.05) is 0 Å². The van der Waals surface area contributed by atoms with Crippen LogP contribution in [0, 0.1) is 10.1 Å². The van der Waals surface area contributed by atoms with E-state index in [9.17, 15) is 28.1 Å². The molecule has 142 valence electrons. The van der Waals surface area contributed by atoms with Gasteiger partial charge >= 0.3 is 18.1 Å². The number of carboxylic acid groups (broad SMARTS) is 2. The number of hydrogen-bond donors (Lipinski definition) is 2. The molecular weight excluding hydrogens is 375 g/mol. The Morgan fingerprint density at radius 3 is 1.81 bits per heavy atom. The van der Waals surface area contributed by atoms with E-state index in [-0.39, 0.29) is 11.1 Å². The third-order valence-corrected chi connectivity index (χ3v) is 2.98. The predicted molar refractivity (Wildman–Crippen MR) is 83.2 cm³/mol. The summed E-state index contributed by atoms with van der Waals surface area (Å²) in [5, 5.41) is 25.4. The van der Waals surface area contributed by atoms with Crippen LogP contribution >= 0.6 is 0 Å². The van der Waals surface area contributed by atoms with Crippen LogP contribution in [0.5, 0.6) is 0 Å². The summed E-state index contributed by atoms with van der Waals surface area (Å²) in [5.74, 6) is -4.28. The fraction of sp³-hybridized carbons (Fsp3) is 0.0625. The molecular formula is C16H10F3NO7. The molecule has 2 aromatic rings. The number of rotatable bonds is 3. The molecule has 8 nitrogen and oxygen atoms in total. The van der Waals surface area contributed by atoms with Gasteiger partial charge in [-0.25, -0.2) is 9.59 Å². The summed E-state index contributed by atoms with van der Waals surface area (Å²) in [4.78, 5) is 39.8. The first-order chi connectivity index (χ1) is 12.4. The lowest BCUT2D eigenvalue weighted by molar-refractivity contribution is -0.388. The lowest BCUT2D eigenvalue weighted by atomic mass is 10.00. The summed E-state index contributed by atoms with van der Waals surface area (Å²) in [6, 6.07) is 9.93. The van der Waals surface area contributed by atoms with Crippen molar-refractivity contribution in [2.45, 2.75) is 6.18 Å². The molecule has 11 heteroatoms. The summed E-state index contributed by atoms with van der Waals surface area (Å²) in [5.41, 5.74) is -2.56. The fourth-order valence-corrected chi connectivity index (χ4v) is 1.82. The first-order valence-corrected chi connectivity index (χ1v) is 6.86. The third-order valence-electron chi connectivity index (χ3n) is 2.98. The van der Waals surface area contributed by atoms with E-state index in [1.165, 1.54) is 12.1 Å². The van der Waals surface area contributed by atoms with Gasteiger partial charge in [-0.1, -0.05) is 30.3 Å². The molecule has 0 fully saturated rings. The van der Waals surface area contributed by atoms with Crippen LogP contribution < -0.4 is 0 Å². The Kier molecular flexibility index (Phi) is 6.75. The Morgan fingerprint density at radius 1 is 0.889 bits per heavy atom. The summed E-state index contributed by atoms with van der Waals surface area (Å²) >= 11 is 0. The van der Waals surface area contributed by atoms with Gasteiger partial charge in [0.1, 0.15) is 5.56 Å². The molecule has 0 radical (unpaired) electrons. The molecule has 2 N–H and O–H groups in total. The highest BCUT2D eigenvalue weighted by molar-refractivity contribution is 6.27. The van der Waals surface area contributed by atoms with Crippen LogP contribution in [0.1, 0.15) is 21.5 Å². The average Bonchev–Trinajstić information content (AvgIpc) is 2.61. The molecule has 0 unspecified atom stereocenters. The molecule has 0 saturated carbocycles. The van der Waals surface area contributed by atoms with E-state index in [2.05, 4.69) is 0 Å². The largest absolute Gasteiger partial charge is 0.473 e. The molecule has 0 spiro atoms. The van der Waals surface area contributed by atoms with Gasteiger partial charge < -0.3 is 10.2 Å². The number of nitro benzene ring substituents is 1. The van der Waals surface area contributed by atoms with Crippen molar-refractivity contribution in [2.24, 2.45) is 0 Å². The first-order valence-electron chi connectivity index (χ1n) is 6.86. The molecule has 2 aromatic carbocycles. The van der Waals surface area contributed by atoms with Crippen molar-refractivity contribution in [3.63, 3.8) is 0 Å². The summed E-state index contributed by atoms with van der Waals surface area (Å²) in [6.07, 6.45) is -4.91. The highest BCUT2D eigenvalue weighted by Gasteiger charge is 2.38. The average molecular weight is 385 g/mol. The Balaban J connectivity index is 0.000000527. The number of ketones is 1. The number of aliphatic carboxylic acids is 2. The lowest BCUT2D eigenvalue weighted by Gasteiger charge is -2.09. The maximum absolute atomic E-state index is 12.8. The molecule has 0 aliphatic heterocycles. The van der Waals surface area contributed by atoms with Gasteiger partial charge in [0.25, 0.3) is 5.69 Å². The zero-order chi connectivity index (χ0) is 20.8. The second-order valence-corrected chi connectivity index (χ2v) is 4.79. The van der Waals surface area contributed by atoms with Gasteiger partial charge in [0, 0.05) is 17.2 Å². The van der Waals surface area contributed by atoms with Crippen molar-refractivity contribution in [2.75, 3.05) is 0 Å². The van der Waals surface area contributed by atoms with E-state index in [4.69, 9.17) is 19.8 Å². The first kappa shape index (κ1) is 21.3. The van der Waals surface area contributed by atoms with E-state index >= 15 is 0 Å². The predicted octanol–water partition coefficient (Wildman–Crippen LogP) is 3.00. The van der Waals surface area contributed by atoms with Crippen LogP contribution in [0.3, 0.4) is 0 Å². The third kappa shape index (κ3) is 5.92. The summed E-state index contributed by atoms with van der Waals surface area (Å²) in [7, 11) is 0. The van der Waals surface area contributed by atoms with Crippen molar-refractivity contribution < 1.29 is 42.7 Å². The number of nitro groups is 1. The van der Waals surface area contributed by atoms with Gasteiger partial charge in [-0.15, -0.1) is 0 Å². The molecule has 0 heterocycles. The van der Waals surface area contributed by atoms with Crippen molar-refractivity contribution in [1.82, 2.24) is 0 Å². The highest BCUT2D eigenvalue weighted by Crippen LogP contribution is 2.36. The van der Waals surface area contributed by atoms with Crippen molar-refractivity contribution in [3.05, 3.63) is 75.3 Å². The number of carboxylic acids is 2. The van der Waals surface area contributed by atoms with Crippen molar-refractivity contribution >= 4 is 23.4 Å². The standard InChI is InChI=1S/C14H8F3NO3.C2H2O4/c15-14(16,17)11-8-10(6-7-12(11)18(20)21)13(19)9-4-2-1-3-5-9;3-1(4)2(5)6/h1-8H;(H,3,4)(H,5,6). The molecule has 0 aromatic heterocycles. The number of carbonyl (C=O) groups excluding carboxylic acids is 1. The number of carbonyl (C=O) groups is 3. The van der Waals surface area contributed by atoms with Crippen molar-refractivity contribution in [3.8, 4) is 0 Å². The van der Waals surface area contributed by atoms with Gasteiger partial charge in [-0.2, -0.15) is 13.2 Å². The Morgan fingerprint density at radius 2 is 1.41 bits per heavy atom. The minimum absolute atomic E-state index is 0.208. The van der Waals surface area contributed by atoms with Gasteiger partial charge in [-0.3, -0.25) is 14.9 Å². The second-order valence-electron chi connectivity index (χ2n) is 4.79. The molecule has 2 rings (SSSR count). The molecule has 0 amide bonds. The number of alkyl halides is 3. The van der Waals surface area contributed by atoms with Crippen LogP contribution in [0.25, 0.3) is 0 Å². The van der Waals surface area contributed by atoms with Gasteiger partial charge in [0.05, 0.1) is 4.92 Å². The number of halogens is 3. The summed E-state index contributed by atoms with van der Waals surface area (Å²) in [6.45, 7) is 0. The maximum Gasteiger partial charge on any atom is 0.423 e. The van der Waals surface area contributed by atoms with Crippen LogP contribution in [-0.4, -0.2) is 32.9 Å². The fourth-order valence-electron chi connectivity index (χ4n) is 1.82. The van der Waals surface area contributed by atoms with E-state index < -0.39 is 40.1 Å². The molecule has 0 bridgehead atoms. The van der Waals surface area contributed by atoms with E-state index in [0.717, 1.165) is 6.07 Å². The smallest absolute Gasteiger partial charge is 0.423 e. The normalized spacial score (nSPS) is 10.3. The van der Waals surface area contributed by atoms with Crippen LogP contribution in [0.4, 0.5) is 18.9 Å². The Bertz CT molecular complexity index is 867. The topological polar surface area (TPSA) is 135 Å². The Labute approximate surface area is 148 Å². The molecule has 0 saturated heterocycles. The SMILES string of the molecule is O=C(O)C(=O)O.O=C(c1ccccc1)c1ccc([N+](=O)[O-])c(C(F)(F)F)c1. The summed E-state index contributed by atoms with van der Waals surface area (Å²) < 4.78 is 38.5. The van der Waals surface area contributed by atoms with Gasteiger partial charge in [-0.05, 0) is 12.1 Å². The van der Waals surface area contributed by atoms with Crippen LogP contribution in [0.15, 0.2) is 48.5 Å². The zero-order valence-electron chi connectivity index (χ0n) is 13.1. The quantitative estimate of drug-likeness (QED) is 0.359. The Hall–Kier alpha value is -3.76. The van der Waals surface area contributed by atoms with Gasteiger partial charge in [0.15, 0.2) is 5.78 Å². The minimum Gasteiger partial charge on any atom is -0.473 e. The van der Waals surface area contributed by atoms with Crippen LogP contribution in [0.2, 0.25) is 0 Å². The van der Waals surface area contributed by atoms with E-state index in [1.54, 1.807) is 18.2 Å². The van der Waals surface area contributed by atoms with Gasteiger partial charge in [0.2, 0.25) is 0 Å². The number of nitrogens with zero attached hydrogens (tertiary/aromatic N) is 1. The minimum atomic E-state index is -4.91. The molecule has 0 aliphatic rings. The zero-order valence-corrected chi connectivity index (χ0v) is 13.1. The lowest BCUT2D eigenvalue weighted by Crippen LogP contribution is -2.11. The molecule has 0 atom stereocenters.